The predicted molar refractivity (Wildman–Crippen MR) is 142 cm³/mol. The highest BCUT2D eigenvalue weighted by Gasteiger charge is 2.40. The van der Waals surface area contributed by atoms with Crippen molar-refractivity contribution in [3.63, 3.8) is 0 Å². The fourth-order valence-electron chi connectivity index (χ4n) is 3.27. The lowest BCUT2D eigenvalue weighted by Crippen LogP contribution is -2.32. The maximum absolute atomic E-state index is 13.5. The molecule has 9 heteroatoms. The molecule has 0 spiro atoms. The van der Waals surface area contributed by atoms with Crippen molar-refractivity contribution < 1.29 is 19.1 Å². The molecule has 0 radical (unpaired) electrons. The van der Waals surface area contributed by atoms with Crippen molar-refractivity contribution in [1.82, 2.24) is 0 Å². The monoisotopic (exact) mass is 570 g/mol. The van der Waals surface area contributed by atoms with Gasteiger partial charge in [0.15, 0.2) is 0 Å². The fraction of sp³-hybridized carbons (Fsp3) is 0.115. The van der Waals surface area contributed by atoms with Crippen molar-refractivity contribution in [2.75, 3.05) is 16.8 Å². The standard InChI is InChI=1S/C26H20BrClN2O4S/c1-2-15-34-26(33)16-3-11-20(12-4-16)30-24(31)22(29-19-9-5-17(27)6-10-19)23(25(30)32)35-21-13-7-18(28)8-14-21/h3-14,29H,2,15H2,1H3. The SMILES string of the molecule is CCCOC(=O)c1ccc(N2C(=O)C(Nc3ccc(Br)cc3)=C(Sc3ccc(Cl)cc3)C2=O)cc1. The molecule has 4 rings (SSSR count). The summed E-state index contributed by atoms with van der Waals surface area (Å²) >= 11 is 10.6. The van der Waals surface area contributed by atoms with Crippen LogP contribution in [0.5, 0.6) is 0 Å². The predicted octanol–water partition coefficient (Wildman–Crippen LogP) is 6.66. The molecule has 0 unspecified atom stereocenters. The zero-order valence-corrected chi connectivity index (χ0v) is 21.7. The van der Waals surface area contributed by atoms with E-state index in [1.165, 1.54) is 11.8 Å². The summed E-state index contributed by atoms with van der Waals surface area (Å²) < 4.78 is 6.04. The number of amides is 2. The topological polar surface area (TPSA) is 75.7 Å². The Morgan fingerprint density at radius 2 is 1.63 bits per heavy atom. The Labute approximate surface area is 220 Å². The first kappa shape index (κ1) is 25.0. The Morgan fingerprint density at radius 1 is 0.971 bits per heavy atom. The lowest BCUT2D eigenvalue weighted by Gasteiger charge is -2.16. The average Bonchev–Trinajstić information content (AvgIpc) is 3.09. The number of halogens is 2. The number of ether oxygens (including phenoxy) is 1. The van der Waals surface area contributed by atoms with Gasteiger partial charge in [0.25, 0.3) is 11.8 Å². The number of hydrogen-bond donors (Lipinski definition) is 1. The molecule has 0 fully saturated rings. The molecule has 35 heavy (non-hydrogen) atoms. The number of esters is 1. The number of carbonyl (C=O) groups is 3. The van der Waals surface area contributed by atoms with Gasteiger partial charge in [0.1, 0.15) is 10.6 Å². The summed E-state index contributed by atoms with van der Waals surface area (Å²) in [6.07, 6.45) is 0.717. The van der Waals surface area contributed by atoms with Crippen LogP contribution in [0.25, 0.3) is 0 Å². The summed E-state index contributed by atoms with van der Waals surface area (Å²) in [5.41, 5.74) is 1.53. The smallest absolute Gasteiger partial charge is 0.338 e. The van der Waals surface area contributed by atoms with Gasteiger partial charge in [0.2, 0.25) is 0 Å². The van der Waals surface area contributed by atoms with Gasteiger partial charge in [-0.25, -0.2) is 9.69 Å². The van der Waals surface area contributed by atoms with Crippen LogP contribution in [0.2, 0.25) is 5.02 Å². The molecule has 0 bridgehead atoms. The number of imide groups is 1. The van der Waals surface area contributed by atoms with Crippen molar-refractivity contribution in [3.05, 3.63) is 98.5 Å². The summed E-state index contributed by atoms with van der Waals surface area (Å²) in [5, 5.41) is 3.68. The van der Waals surface area contributed by atoms with Gasteiger partial charge in [-0.3, -0.25) is 9.59 Å². The summed E-state index contributed by atoms with van der Waals surface area (Å²) in [6, 6.07) is 20.5. The summed E-state index contributed by atoms with van der Waals surface area (Å²) in [5.74, 6) is -1.40. The van der Waals surface area contributed by atoms with Crippen LogP contribution in [0.1, 0.15) is 23.7 Å². The number of hydrogen-bond acceptors (Lipinski definition) is 6. The normalized spacial score (nSPS) is 13.4. The molecule has 0 aliphatic carbocycles. The summed E-state index contributed by atoms with van der Waals surface area (Å²) in [4.78, 5) is 41.1. The number of nitrogens with zero attached hydrogens (tertiary/aromatic N) is 1. The van der Waals surface area contributed by atoms with Crippen LogP contribution in [0.3, 0.4) is 0 Å². The van der Waals surface area contributed by atoms with E-state index < -0.39 is 17.8 Å². The van der Waals surface area contributed by atoms with E-state index in [0.717, 1.165) is 14.3 Å². The van der Waals surface area contributed by atoms with Gasteiger partial charge in [0.05, 0.1) is 17.9 Å². The molecule has 1 heterocycles. The highest BCUT2D eigenvalue weighted by molar-refractivity contribution is 9.10. The van der Waals surface area contributed by atoms with Crippen LogP contribution < -0.4 is 10.2 Å². The average molecular weight is 572 g/mol. The van der Waals surface area contributed by atoms with Gasteiger partial charge < -0.3 is 10.1 Å². The van der Waals surface area contributed by atoms with Crippen LogP contribution >= 0.6 is 39.3 Å². The number of anilines is 2. The lowest BCUT2D eigenvalue weighted by atomic mass is 10.2. The van der Waals surface area contributed by atoms with Crippen LogP contribution in [-0.4, -0.2) is 24.4 Å². The third-order valence-electron chi connectivity index (χ3n) is 4.99. The molecule has 6 nitrogen and oxygen atoms in total. The van der Waals surface area contributed by atoms with E-state index >= 15 is 0 Å². The fourth-order valence-corrected chi connectivity index (χ4v) is 4.59. The molecule has 0 saturated carbocycles. The minimum absolute atomic E-state index is 0.170. The van der Waals surface area contributed by atoms with E-state index in [1.54, 1.807) is 60.7 Å². The Bertz CT molecular complexity index is 1220. The Hall–Kier alpha value is -3.07. The van der Waals surface area contributed by atoms with E-state index in [2.05, 4.69) is 21.2 Å². The van der Waals surface area contributed by atoms with E-state index in [9.17, 15) is 14.4 Å². The number of carbonyl (C=O) groups excluding carboxylic acids is 3. The molecule has 3 aromatic rings. The van der Waals surface area contributed by atoms with Crippen LogP contribution in [0, 0.1) is 0 Å². The second-order valence-electron chi connectivity index (χ2n) is 7.52. The van der Waals surface area contributed by atoms with Crippen molar-refractivity contribution in [3.8, 4) is 0 Å². The Morgan fingerprint density at radius 3 is 2.26 bits per heavy atom. The molecule has 1 aliphatic heterocycles. The maximum Gasteiger partial charge on any atom is 0.338 e. The molecule has 0 atom stereocenters. The van der Waals surface area contributed by atoms with E-state index in [4.69, 9.17) is 16.3 Å². The minimum Gasteiger partial charge on any atom is -0.462 e. The molecular formula is C26H20BrClN2O4S. The molecule has 178 valence electrons. The van der Waals surface area contributed by atoms with Crippen molar-refractivity contribution >= 4 is 68.5 Å². The zero-order chi connectivity index (χ0) is 24.9. The molecule has 1 aliphatic rings. The molecule has 2 amide bonds. The first-order valence-electron chi connectivity index (χ1n) is 10.7. The molecule has 0 saturated heterocycles. The van der Waals surface area contributed by atoms with Gasteiger partial charge in [-0.1, -0.05) is 46.2 Å². The summed E-state index contributed by atoms with van der Waals surface area (Å²) in [7, 11) is 0. The second-order valence-corrected chi connectivity index (χ2v) is 9.96. The second kappa shape index (κ2) is 11.1. The minimum atomic E-state index is -0.490. The third kappa shape index (κ3) is 5.78. The molecule has 3 aromatic carbocycles. The molecule has 0 aromatic heterocycles. The zero-order valence-electron chi connectivity index (χ0n) is 18.6. The Balaban J connectivity index is 1.65. The van der Waals surface area contributed by atoms with E-state index in [1.807, 2.05) is 19.1 Å². The highest BCUT2D eigenvalue weighted by Crippen LogP contribution is 2.38. The van der Waals surface area contributed by atoms with Crippen LogP contribution in [0.15, 0.2) is 92.8 Å². The molecule has 1 N–H and O–H groups in total. The van der Waals surface area contributed by atoms with Crippen molar-refractivity contribution in [2.45, 2.75) is 18.2 Å². The van der Waals surface area contributed by atoms with E-state index in [-0.39, 0.29) is 10.6 Å². The third-order valence-corrected chi connectivity index (χ3v) is 6.86. The number of thioether (sulfide) groups is 1. The van der Waals surface area contributed by atoms with Gasteiger partial charge >= 0.3 is 5.97 Å². The quantitative estimate of drug-likeness (QED) is 0.241. The van der Waals surface area contributed by atoms with Crippen molar-refractivity contribution in [2.24, 2.45) is 0 Å². The maximum atomic E-state index is 13.5. The Kier molecular flexibility index (Phi) is 7.95. The number of nitrogens with one attached hydrogen (secondary N) is 1. The number of rotatable bonds is 8. The van der Waals surface area contributed by atoms with Crippen LogP contribution in [0.4, 0.5) is 11.4 Å². The number of benzene rings is 3. The van der Waals surface area contributed by atoms with E-state index in [0.29, 0.717) is 35.0 Å². The first-order chi connectivity index (χ1) is 16.9. The first-order valence-corrected chi connectivity index (χ1v) is 12.7. The van der Waals surface area contributed by atoms with Crippen molar-refractivity contribution in [1.29, 1.82) is 0 Å². The van der Waals surface area contributed by atoms with Gasteiger partial charge in [0, 0.05) is 20.1 Å². The van der Waals surface area contributed by atoms with Gasteiger partial charge in [-0.15, -0.1) is 0 Å². The highest BCUT2D eigenvalue weighted by atomic mass is 79.9. The molecular weight excluding hydrogens is 552 g/mol. The van der Waals surface area contributed by atoms with Gasteiger partial charge in [-0.2, -0.15) is 0 Å². The largest absolute Gasteiger partial charge is 0.462 e. The summed E-state index contributed by atoms with van der Waals surface area (Å²) in [6.45, 7) is 2.23. The lowest BCUT2D eigenvalue weighted by molar-refractivity contribution is -0.120. The van der Waals surface area contributed by atoms with Crippen LogP contribution in [-0.2, 0) is 14.3 Å². The van der Waals surface area contributed by atoms with Gasteiger partial charge in [-0.05, 0) is 79.2 Å².